The van der Waals surface area contributed by atoms with Gasteiger partial charge in [-0.1, -0.05) is 30.3 Å². The van der Waals surface area contributed by atoms with Crippen LogP contribution in [0.5, 0.6) is 0 Å². The van der Waals surface area contributed by atoms with Gasteiger partial charge < -0.3 is 17.0 Å². The Balaban J connectivity index is 0.00000147. The molecule has 1 aliphatic rings. The summed E-state index contributed by atoms with van der Waals surface area (Å²) in [5.74, 6) is 0. The summed E-state index contributed by atoms with van der Waals surface area (Å²) in [4.78, 5) is 0. The maximum absolute atomic E-state index is 3.95. The minimum atomic E-state index is 0. The van der Waals surface area contributed by atoms with Crippen molar-refractivity contribution in [3.8, 4) is 0 Å². The van der Waals surface area contributed by atoms with E-state index in [0.717, 1.165) is 6.42 Å². The van der Waals surface area contributed by atoms with E-state index in [4.69, 9.17) is 0 Å². The van der Waals surface area contributed by atoms with Crippen molar-refractivity contribution in [3.63, 3.8) is 0 Å². The minimum Gasteiger partial charge on any atom is -1.00 e. The quantitative estimate of drug-likeness (QED) is 0.579. The first-order chi connectivity index (χ1) is 9.09. The average molecular weight is 330 g/mol. The second-order valence-corrected chi connectivity index (χ2v) is 5.65. The molecule has 2 aromatic carbocycles. The van der Waals surface area contributed by atoms with Crippen LogP contribution in [0.3, 0.4) is 0 Å². The molecule has 3 rings (SSSR count). The molecule has 1 nitrogen and oxygen atoms in total. The second-order valence-electron chi connectivity index (χ2n) is 5.65. The Morgan fingerprint density at radius 3 is 2.60 bits per heavy atom. The van der Waals surface area contributed by atoms with Crippen molar-refractivity contribution in [2.45, 2.75) is 25.7 Å². The van der Waals surface area contributed by atoms with Crippen molar-refractivity contribution in [3.05, 3.63) is 54.6 Å². The molecule has 2 aromatic rings. The van der Waals surface area contributed by atoms with E-state index in [-0.39, 0.29) is 22.4 Å². The van der Waals surface area contributed by atoms with E-state index in [2.05, 4.69) is 68.4 Å². The van der Waals surface area contributed by atoms with Crippen LogP contribution in [-0.4, -0.2) is 17.3 Å². The minimum absolute atomic E-state index is 0. The summed E-state index contributed by atoms with van der Waals surface area (Å²) in [7, 11) is 2.16. The molecule has 0 aromatic heterocycles. The molecule has 0 saturated heterocycles. The topological polar surface area (TPSA) is 3.01 Å². The first-order valence-electron chi connectivity index (χ1n) is 6.80. The maximum Gasteiger partial charge on any atom is 0.209 e. The van der Waals surface area contributed by atoms with Crippen molar-refractivity contribution in [1.82, 2.24) is 0 Å². The van der Waals surface area contributed by atoms with Crippen molar-refractivity contribution in [1.29, 1.82) is 0 Å². The predicted octanol–water partition coefficient (Wildman–Crippen LogP) is 1.43. The Hall–Kier alpha value is -1.41. The number of allylic oxidation sites excluding steroid dienone is 1. The lowest BCUT2D eigenvalue weighted by molar-refractivity contribution is -0.403. The molecule has 1 atom stereocenters. The van der Waals surface area contributed by atoms with Crippen molar-refractivity contribution < 1.29 is 21.6 Å². The summed E-state index contributed by atoms with van der Waals surface area (Å²) in [6.07, 6.45) is 3.01. The Labute approximate surface area is 131 Å². The third-order valence-electron chi connectivity index (χ3n) is 4.67. The second kappa shape index (κ2) is 5.17. The van der Waals surface area contributed by atoms with E-state index in [0.29, 0.717) is 0 Å². The van der Waals surface area contributed by atoms with Crippen LogP contribution >= 0.6 is 0 Å². The number of nitrogens with zero attached hydrogens (tertiary/aromatic N) is 1. The molecule has 0 amide bonds. The maximum atomic E-state index is 3.95. The van der Waals surface area contributed by atoms with Gasteiger partial charge in [0.2, 0.25) is 5.69 Å². The van der Waals surface area contributed by atoms with Gasteiger partial charge in [0.25, 0.3) is 0 Å². The molecule has 1 aliphatic heterocycles. The molecule has 20 heavy (non-hydrogen) atoms. The molecule has 2 heteroatoms. The zero-order valence-electron chi connectivity index (χ0n) is 12.3. The van der Waals surface area contributed by atoms with E-state index in [1.807, 2.05) is 6.08 Å². The van der Waals surface area contributed by atoms with Gasteiger partial charge in [-0.05, 0) is 30.2 Å². The van der Waals surface area contributed by atoms with Crippen LogP contribution < -0.4 is 17.0 Å². The molecule has 0 spiro atoms. The lowest BCUT2D eigenvalue weighted by atomic mass is 9.75. The van der Waals surface area contributed by atoms with E-state index in [9.17, 15) is 0 Å². The van der Waals surface area contributed by atoms with Gasteiger partial charge in [-0.2, -0.15) is 0 Å². The Kier molecular flexibility index (Phi) is 3.88. The number of rotatable bonds is 2. The standard InChI is InChI=1S/C18H20N.BrH/c1-5-12-18(3)13(2)19(4)16-11-10-14-8-6-7-9-15(14)17(16)18;/h5-11H,1,12H2,2-4H3;1H/q+1;/p-1. The predicted molar refractivity (Wildman–Crippen MR) is 82.6 cm³/mol. The van der Waals surface area contributed by atoms with Gasteiger partial charge in [0.1, 0.15) is 7.05 Å². The fourth-order valence-corrected chi connectivity index (χ4v) is 3.39. The third-order valence-corrected chi connectivity index (χ3v) is 4.67. The zero-order valence-corrected chi connectivity index (χ0v) is 13.9. The first kappa shape index (κ1) is 15.0. The van der Waals surface area contributed by atoms with E-state index >= 15 is 0 Å². The molecule has 1 heterocycles. The highest BCUT2D eigenvalue weighted by atomic mass is 79.9. The largest absolute Gasteiger partial charge is 1.00 e. The lowest BCUT2D eigenvalue weighted by Gasteiger charge is -2.21. The lowest BCUT2D eigenvalue weighted by Crippen LogP contribution is -3.00. The van der Waals surface area contributed by atoms with E-state index < -0.39 is 0 Å². The summed E-state index contributed by atoms with van der Waals surface area (Å²) >= 11 is 0. The SMILES string of the molecule is C=CCC1(C)C(C)=[N+](C)c2ccc3ccccc3c21.[Br-]. The van der Waals surface area contributed by atoms with Crippen LogP contribution in [-0.2, 0) is 5.41 Å². The van der Waals surface area contributed by atoms with Gasteiger partial charge in [-0.15, -0.1) is 6.58 Å². The summed E-state index contributed by atoms with van der Waals surface area (Å²) in [6, 6.07) is 13.1. The third kappa shape index (κ3) is 1.86. The molecule has 0 N–H and O–H groups in total. The number of halogens is 1. The first-order valence-corrected chi connectivity index (χ1v) is 6.80. The van der Waals surface area contributed by atoms with Crippen LogP contribution in [0.1, 0.15) is 25.8 Å². The molecule has 0 radical (unpaired) electrons. The van der Waals surface area contributed by atoms with Crippen LogP contribution in [0.4, 0.5) is 5.69 Å². The van der Waals surface area contributed by atoms with Crippen LogP contribution in [0.2, 0.25) is 0 Å². The van der Waals surface area contributed by atoms with Gasteiger partial charge in [0.05, 0.1) is 5.41 Å². The summed E-state index contributed by atoms with van der Waals surface area (Å²) in [6.45, 7) is 8.52. The Bertz CT molecular complexity index is 714. The Morgan fingerprint density at radius 1 is 1.20 bits per heavy atom. The van der Waals surface area contributed by atoms with Crippen LogP contribution in [0.15, 0.2) is 49.1 Å². The molecular weight excluding hydrogens is 310 g/mol. The molecule has 0 fully saturated rings. The summed E-state index contributed by atoms with van der Waals surface area (Å²) in [5, 5.41) is 2.69. The zero-order chi connectivity index (χ0) is 13.6. The highest BCUT2D eigenvalue weighted by Crippen LogP contribution is 2.45. The fourth-order valence-electron chi connectivity index (χ4n) is 3.39. The molecule has 104 valence electrons. The normalized spacial score (nSPS) is 20.8. The highest BCUT2D eigenvalue weighted by Gasteiger charge is 2.45. The number of fused-ring (bicyclic) bond motifs is 3. The van der Waals surface area contributed by atoms with Crippen LogP contribution in [0.25, 0.3) is 10.8 Å². The van der Waals surface area contributed by atoms with E-state index in [1.165, 1.54) is 27.7 Å². The number of benzene rings is 2. The van der Waals surface area contributed by atoms with Crippen molar-refractivity contribution in [2.75, 3.05) is 7.05 Å². The van der Waals surface area contributed by atoms with Gasteiger partial charge in [0, 0.05) is 18.6 Å². The molecule has 0 aliphatic carbocycles. The van der Waals surface area contributed by atoms with Crippen molar-refractivity contribution in [2.24, 2.45) is 0 Å². The fraction of sp³-hybridized carbons (Fsp3) is 0.278. The monoisotopic (exact) mass is 329 g/mol. The van der Waals surface area contributed by atoms with Gasteiger partial charge in [0.15, 0.2) is 5.71 Å². The summed E-state index contributed by atoms with van der Waals surface area (Å²) < 4.78 is 2.32. The molecule has 0 saturated carbocycles. The highest BCUT2D eigenvalue weighted by molar-refractivity contribution is 6.01. The average Bonchev–Trinajstić information content (AvgIpc) is 2.62. The van der Waals surface area contributed by atoms with Gasteiger partial charge >= 0.3 is 0 Å². The van der Waals surface area contributed by atoms with E-state index in [1.54, 1.807) is 0 Å². The smallest absolute Gasteiger partial charge is 0.209 e. The summed E-state index contributed by atoms with van der Waals surface area (Å²) in [5.41, 5.74) is 4.25. The van der Waals surface area contributed by atoms with Gasteiger partial charge in [-0.25, -0.2) is 4.58 Å². The number of hydrogen-bond acceptors (Lipinski definition) is 0. The van der Waals surface area contributed by atoms with Gasteiger partial charge in [-0.3, -0.25) is 0 Å². The molecule has 0 bridgehead atoms. The number of hydrogen-bond donors (Lipinski definition) is 0. The Morgan fingerprint density at radius 2 is 1.90 bits per heavy atom. The molecular formula is C18H20BrN. The van der Waals surface area contributed by atoms with Crippen molar-refractivity contribution >= 4 is 22.2 Å². The molecule has 1 unspecified atom stereocenters. The van der Waals surface area contributed by atoms with Crippen LogP contribution in [0, 0.1) is 0 Å².